The Morgan fingerprint density at radius 1 is 0.560 bits per heavy atom. The summed E-state index contributed by atoms with van der Waals surface area (Å²) in [5.41, 5.74) is 0. The van der Waals surface area contributed by atoms with Gasteiger partial charge in [0.2, 0.25) is 5.91 Å². The molecule has 50 heavy (non-hydrogen) atoms. The Kier molecular flexibility index (Phi) is 33.7. The molecule has 0 aromatic carbocycles. The van der Waals surface area contributed by atoms with Crippen LogP contribution in [0.15, 0.2) is 109 Å². The van der Waals surface area contributed by atoms with E-state index >= 15 is 0 Å². The van der Waals surface area contributed by atoms with Gasteiger partial charge in [0.05, 0.1) is 17.9 Å². The predicted octanol–water partition coefficient (Wildman–Crippen LogP) is 11.2. The van der Waals surface area contributed by atoms with Crippen molar-refractivity contribution < 1.29 is 22.9 Å². The minimum atomic E-state index is -4.38. The molecule has 0 aromatic rings. The molecule has 2 atom stereocenters. The van der Waals surface area contributed by atoms with Crippen LogP contribution in [0.1, 0.15) is 136 Å². The fourth-order valence-corrected chi connectivity index (χ4v) is 5.57. The van der Waals surface area contributed by atoms with Crippen LogP contribution in [0, 0.1) is 0 Å². The number of rotatable bonds is 32. The van der Waals surface area contributed by atoms with Crippen LogP contribution in [0.25, 0.3) is 0 Å². The Bertz CT molecular complexity index is 1190. The van der Waals surface area contributed by atoms with E-state index in [2.05, 4.69) is 116 Å². The summed E-state index contributed by atoms with van der Waals surface area (Å²) in [6.45, 7) is 4.36. The summed E-state index contributed by atoms with van der Waals surface area (Å²) < 4.78 is 32.4. The van der Waals surface area contributed by atoms with E-state index in [0.717, 1.165) is 77.0 Å². The lowest BCUT2D eigenvalue weighted by Crippen LogP contribution is -2.46. The highest BCUT2D eigenvalue weighted by Crippen LogP contribution is 2.07. The van der Waals surface area contributed by atoms with Crippen molar-refractivity contribution in [3.63, 3.8) is 0 Å². The van der Waals surface area contributed by atoms with Gasteiger partial charge in [0, 0.05) is 6.42 Å². The molecule has 282 valence electrons. The van der Waals surface area contributed by atoms with E-state index in [0.29, 0.717) is 12.8 Å². The second kappa shape index (κ2) is 35.8. The van der Waals surface area contributed by atoms with Gasteiger partial charge in [-0.2, -0.15) is 8.42 Å². The third kappa shape index (κ3) is 36.3. The third-order valence-electron chi connectivity index (χ3n) is 7.66. The van der Waals surface area contributed by atoms with Crippen molar-refractivity contribution in [1.82, 2.24) is 5.32 Å². The second-order valence-electron chi connectivity index (χ2n) is 12.4. The van der Waals surface area contributed by atoms with E-state index in [9.17, 15) is 22.9 Å². The summed E-state index contributed by atoms with van der Waals surface area (Å²) in [5, 5.41) is 13.1. The van der Waals surface area contributed by atoms with Crippen molar-refractivity contribution in [3.8, 4) is 0 Å². The Balaban J connectivity index is 4.17. The van der Waals surface area contributed by atoms with Gasteiger partial charge in [-0.15, -0.1) is 0 Å². The monoisotopic (exact) mass is 711 g/mol. The molecule has 0 rings (SSSR count). The van der Waals surface area contributed by atoms with E-state index in [1.54, 1.807) is 6.08 Å². The average Bonchev–Trinajstić information content (AvgIpc) is 3.08. The maximum Gasteiger partial charge on any atom is 0.267 e. The highest BCUT2D eigenvalue weighted by atomic mass is 32.2. The first-order valence-electron chi connectivity index (χ1n) is 19.1. The number of unbranched alkanes of at least 4 members (excludes halogenated alkanes) is 8. The van der Waals surface area contributed by atoms with E-state index < -0.39 is 28.0 Å². The molecule has 0 heterocycles. The highest BCUT2D eigenvalue weighted by molar-refractivity contribution is 7.85. The van der Waals surface area contributed by atoms with Crippen molar-refractivity contribution >= 4 is 16.0 Å². The molecule has 0 saturated heterocycles. The summed E-state index contributed by atoms with van der Waals surface area (Å²) in [7, 11) is -4.38. The molecule has 7 heteroatoms. The van der Waals surface area contributed by atoms with Crippen molar-refractivity contribution in [2.45, 2.75) is 148 Å². The molecule has 0 radical (unpaired) electrons. The van der Waals surface area contributed by atoms with Crippen LogP contribution in [-0.2, 0) is 14.9 Å². The Morgan fingerprint density at radius 2 is 0.980 bits per heavy atom. The first kappa shape index (κ1) is 47.0. The summed E-state index contributed by atoms with van der Waals surface area (Å²) in [6, 6.07) is -1.11. The number of allylic oxidation sites excluding steroid dienone is 17. The molecule has 0 spiro atoms. The molecule has 2 unspecified atom stereocenters. The van der Waals surface area contributed by atoms with Crippen molar-refractivity contribution in [2.24, 2.45) is 0 Å². The van der Waals surface area contributed by atoms with E-state index in [4.69, 9.17) is 0 Å². The van der Waals surface area contributed by atoms with Gasteiger partial charge in [-0.05, 0) is 96.3 Å². The van der Waals surface area contributed by atoms with Crippen LogP contribution in [-0.4, -0.2) is 41.9 Å². The number of nitrogens with one attached hydrogen (secondary N) is 1. The molecule has 3 N–H and O–H groups in total. The summed E-state index contributed by atoms with van der Waals surface area (Å²) >= 11 is 0. The van der Waals surface area contributed by atoms with Gasteiger partial charge in [0.25, 0.3) is 10.1 Å². The van der Waals surface area contributed by atoms with Crippen molar-refractivity contribution in [2.75, 3.05) is 5.75 Å². The zero-order chi connectivity index (χ0) is 36.8. The molecule has 0 aromatic heterocycles. The maximum absolute atomic E-state index is 12.5. The normalized spacial score (nSPS) is 14.6. The number of hydrogen-bond donors (Lipinski definition) is 3. The largest absolute Gasteiger partial charge is 0.387 e. The van der Waals surface area contributed by atoms with Crippen LogP contribution >= 0.6 is 0 Å². The van der Waals surface area contributed by atoms with Crippen molar-refractivity contribution in [3.05, 3.63) is 109 Å². The van der Waals surface area contributed by atoms with Gasteiger partial charge in [0.1, 0.15) is 0 Å². The quantitative estimate of drug-likeness (QED) is 0.0366. The summed E-state index contributed by atoms with van der Waals surface area (Å²) in [4.78, 5) is 12.5. The topological polar surface area (TPSA) is 104 Å². The van der Waals surface area contributed by atoms with Gasteiger partial charge >= 0.3 is 0 Å². The first-order chi connectivity index (χ1) is 24.3. The lowest BCUT2D eigenvalue weighted by atomic mass is 10.1. The van der Waals surface area contributed by atoms with Crippen LogP contribution in [0.2, 0.25) is 0 Å². The number of amides is 1. The minimum Gasteiger partial charge on any atom is -0.387 e. The number of aliphatic hydroxyl groups is 1. The van der Waals surface area contributed by atoms with Gasteiger partial charge in [-0.25, -0.2) is 0 Å². The highest BCUT2D eigenvalue weighted by Gasteiger charge is 2.24. The Labute approximate surface area is 306 Å². The minimum absolute atomic E-state index is 0.222. The maximum atomic E-state index is 12.5. The average molecular weight is 712 g/mol. The van der Waals surface area contributed by atoms with Crippen LogP contribution in [0.3, 0.4) is 0 Å². The van der Waals surface area contributed by atoms with Crippen LogP contribution < -0.4 is 5.32 Å². The molecule has 1 amide bonds. The Hall–Kier alpha value is -3.00. The predicted molar refractivity (Wildman–Crippen MR) is 216 cm³/mol. The van der Waals surface area contributed by atoms with Gasteiger partial charge in [-0.1, -0.05) is 142 Å². The second-order valence-corrected chi connectivity index (χ2v) is 13.9. The number of hydrogen-bond acceptors (Lipinski definition) is 4. The van der Waals surface area contributed by atoms with Gasteiger partial charge in [0.15, 0.2) is 0 Å². The number of aliphatic hydroxyl groups excluding tert-OH is 1. The van der Waals surface area contributed by atoms with Crippen LogP contribution in [0.4, 0.5) is 0 Å². The Morgan fingerprint density at radius 3 is 1.46 bits per heavy atom. The molecular weight excluding hydrogens is 643 g/mol. The summed E-state index contributed by atoms with van der Waals surface area (Å²) in [6.07, 6.45) is 55.0. The van der Waals surface area contributed by atoms with Crippen LogP contribution in [0.5, 0.6) is 0 Å². The SMILES string of the molecule is CC/C=C\C/C=C\C/C=C\C/C=C\C/C=C\C/C=C\CCCCC(=O)NC(CS(=O)(=O)O)C(O)/C=C/CC/C=C/CC/C=C/CCCCCC. The van der Waals surface area contributed by atoms with Gasteiger partial charge in [-0.3, -0.25) is 9.35 Å². The fourth-order valence-electron chi connectivity index (χ4n) is 4.83. The van der Waals surface area contributed by atoms with E-state index in [-0.39, 0.29) is 12.3 Å². The lowest BCUT2D eigenvalue weighted by Gasteiger charge is -2.21. The number of carbonyl (C=O) groups excluding carboxylic acids is 1. The fraction of sp³-hybridized carbons (Fsp3) is 0.558. The first-order valence-corrected chi connectivity index (χ1v) is 20.7. The zero-order valence-corrected chi connectivity index (χ0v) is 32.0. The number of carbonyl (C=O) groups is 1. The standard InChI is InChI=1S/C43H69NO5S/c1-3-5-7-9-11-13-15-17-19-20-21-22-23-24-25-27-29-31-33-35-37-39-43(46)44-41(40-50(47,48)49)42(45)38-36-34-32-30-28-26-18-16-14-12-10-8-6-4-2/h5,7,11,13-14,16-17,19,21-22,24-25,28-31,36,38,41-42,45H,3-4,6,8-10,12,15,18,20,23,26-27,32-35,37,39-40H2,1-2H3,(H,44,46)(H,47,48,49)/b7-5-,13-11-,16-14+,19-17-,22-21-,25-24-,30-28+,31-29-,38-36+. The van der Waals surface area contributed by atoms with E-state index in [1.165, 1.54) is 31.8 Å². The lowest BCUT2D eigenvalue weighted by molar-refractivity contribution is -0.122. The molecule has 0 saturated carbocycles. The molecule has 0 aliphatic carbocycles. The third-order valence-corrected chi connectivity index (χ3v) is 8.44. The molecular formula is C43H69NO5S. The summed E-state index contributed by atoms with van der Waals surface area (Å²) in [5.74, 6) is -1.08. The zero-order valence-electron chi connectivity index (χ0n) is 31.2. The molecule has 0 aliphatic heterocycles. The molecule has 6 nitrogen and oxygen atoms in total. The molecule has 0 bridgehead atoms. The van der Waals surface area contributed by atoms with Gasteiger partial charge < -0.3 is 10.4 Å². The molecule has 0 aliphatic rings. The molecule has 0 fully saturated rings. The smallest absolute Gasteiger partial charge is 0.267 e. The van der Waals surface area contributed by atoms with Crippen molar-refractivity contribution in [1.29, 1.82) is 0 Å². The van der Waals surface area contributed by atoms with E-state index in [1.807, 2.05) is 0 Å².